The highest BCUT2D eigenvalue weighted by Gasteiger charge is 2.40. The van der Waals surface area contributed by atoms with Gasteiger partial charge in [0.2, 0.25) is 0 Å². The molecule has 0 saturated carbocycles. The number of methoxy groups -OCH3 is 1. The maximum absolute atomic E-state index is 13.0. The van der Waals surface area contributed by atoms with Crippen LogP contribution in [0.25, 0.3) is 0 Å². The summed E-state index contributed by atoms with van der Waals surface area (Å²) >= 11 is 5.68. The Morgan fingerprint density at radius 3 is 1.90 bits per heavy atom. The summed E-state index contributed by atoms with van der Waals surface area (Å²) in [5, 5.41) is -0.676. The molecule has 0 unspecified atom stereocenters. The van der Waals surface area contributed by atoms with E-state index < -0.39 is 62.8 Å². The van der Waals surface area contributed by atoms with E-state index in [1.165, 1.54) is 0 Å². The number of hydrogen-bond acceptors (Lipinski definition) is 4. The zero-order chi connectivity index (χ0) is 23.8. The molecule has 0 aliphatic carbocycles. The molecule has 172 valence electrons. The molecule has 2 rings (SSSR count). The van der Waals surface area contributed by atoms with Crippen molar-refractivity contribution in [3.05, 3.63) is 44.9 Å². The van der Waals surface area contributed by atoms with Gasteiger partial charge in [-0.1, -0.05) is 22.9 Å². The van der Waals surface area contributed by atoms with Gasteiger partial charge in [-0.05, 0) is 18.2 Å². The number of ether oxygens (including phenoxy) is 1. The summed E-state index contributed by atoms with van der Waals surface area (Å²) < 4.78 is 121. The van der Waals surface area contributed by atoms with Crippen LogP contribution in [0.5, 0.6) is 0 Å². The molecule has 0 aliphatic rings. The molecule has 0 saturated heterocycles. The Morgan fingerprint density at radius 2 is 1.52 bits per heavy atom. The van der Waals surface area contributed by atoms with Crippen molar-refractivity contribution in [2.75, 3.05) is 25.2 Å². The number of carbonyl (C=O) groups excluding carboxylic acids is 1. The molecule has 0 spiro atoms. The van der Waals surface area contributed by atoms with E-state index in [2.05, 4.69) is 4.98 Å². The summed E-state index contributed by atoms with van der Waals surface area (Å²) in [6, 6.07) is 0.146. The SMILES string of the molecule is COCCN(C(=O)c1cc(C(F)(F)F)cc(C(F)(F)F)c1)c1nc(C(F)(F)F)c(Cl)s1. The Bertz CT molecular complexity index is 922. The Kier molecular flexibility index (Phi) is 7.17. The van der Waals surface area contributed by atoms with Crippen molar-refractivity contribution in [3.63, 3.8) is 0 Å². The zero-order valence-electron chi connectivity index (χ0n) is 15.0. The third-order valence-corrected chi connectivity index (χ3v) is 4.95. The smallest absolute Gasteiger partial charge is 0.383 e. The summed E-state index contributed by atoms with van der Waals surface area (Å²) in [6.45, 7) is -0.830. The number of nitrogens with zero attached hydrogens (tertiary/aromatic N) is 2. The number of rotatable bonds is 5. The molecule has 0 radical (unpaired) electrons. The van der Waals surface area contributed by atoms with Crippen LogP contribution in [0.4, 0.5) is 44.6 Å². The minimum atomic E-state index is -5.22. The molecule has 0 atom stereocenters. The minimum Gasteiger partial charge on any atom is -0.383 e. The van der Waals surface area contributed by atoms with Gasteiger partial charge in [-0.15, -0.1) is 0 Å². The van der Waals surface area contributed by atoms with Gasteiger partial charge in [-0.3, -0.25) is 9.69 Å². The number of thiazole rings is 1. The molecule has 1 aromatic heterocycles. The third kappa shape index (κ3) is 6.01. The van der Waals surface area contributed by atoms with Gasteiger partial charge < -0.3 is 4.74 Å². The molecule has 0 fully saturated rings. The topological polar surface area (TPSA) is 42.4 Å². The second kappa shape index (κ2) is 8.82. The standard InChI is InChI=1S/C16H10ClF9N2O2S/c1-30-3-2-28(13-27-10(11(17)31-13)16(24,25)26)12(29)7-4-8(14(18,19)20)6-9(5-7)15(21,22)23/h4-6H,2-3H2,1H3. The highest BCUT2D eigenvalue weighted by molar-refractivity contribution is 7.19. The molecule has 4 nitrogen and oxygen atoms in total. The summed E-state index contributed by atoms with van der Waals surface area (Å²) in [5.41, 5.74) is -6.13. The number of amides is 1. The van der Waals surface area contributed by atoms with Crippen molar-refractivity contribution in [2.45, 2.75) is 18.5 Å². The number of halogens is 10. The minimum absolute atomic E-state index is 0.164. The van der Waals surface area contributed by atoms with E-state index in [9.17, 15) is 44.3 Å². The van der Waals surface area contributed by atoms with Gasteiger partial charge in [-0.25, -0.2) is 4.98 Å². The predicted octanol–water partition coefficient (Wildman–Crippen LogP) is 6.15. The molecule has 0 aliphatic heterocycles. The van der Waals surface area contributed by atoms with Crippen molar-refractivity contribution in [1.82, 2.24) is 4.98 Å². The van der Waals surface area contributed by atoms with Crippen molar-refractivity contribution >= 4 is 34.0 Å². The van der Waals surface area contributed by atoms with Crippen molar-refractivity contribution in [3.8, 4) is 0 Å². The zero-order valence-corrected chi connectivity index (χ0v) is 16.6. The number of hydrogen-bond donors (Lipinski definition) is 0. The average molecular weight is 501 g/mol. The first kappa shape index (κ1) is 25.2. The van der Waals surface area contributed by atoms with E-state index in [0.717, 1.165) is 7.11 Å². The second-order valence-corrected chi connectivity index (χ2v) is 7.44. The first-order chi connectivity index (χ1) is 14.1. The molecule has 1 heterocycles. The van der Waals surface area contributed by atoms with Gasteiger partial charge >= 0.3 is 18.5 Å². The molecule has 15 heteroatoms. The normalized spacial score (nSPS) is 12.9. The van der Waals surface area contributed by atoms with E-state index in [-0.39, 0.29) is 36.1 Å². The van der Waals surface area contributed by atoms with Crippen molar-refractivity contribution in [2.24, 2.45) is 0 Å². The maximum Gasteiger partial charge on any atom is 0.435 e. The monoisotopic (exact) mass is 500 g/mol. The summed E-state index contributed by atoms with van der Waals surface area (Å²) in [4.78, 5) is 16.4. The van der Waals surface area contributed by atoms with Crippen LogP contribution in [0.1, 0.15) is 27.2 Å². The van der Waals surface area contributed by atoms with Crippen LogP contribution < -0.4 is 4.90 Å². The lowest BCUT2D eigenvalue weighted by Gasteiger charge is -2.21. The van der Waals surface area contributed by atoms with Crippen LogP contribution in [-0.4, -0.2) is 31.2 Å². The number of alkyl halides is 9. The predicted molar refractivity (Wildman–Crippen MR) is 92.1 cm³/mol. The molecule has 1 amide bonds. The van der Waals surface area contributed by atoms with Gasteiger partial charge in [0, 0.05) is 12.7 Å². The van der Waals surface area contributed by atoms with Crippen LogP contribution in [0.15, 0.2) is 18.2 Å². The van der Waals surface area contributed by atoms with E-state index in [4.69, 9.17) is 16.3 Å². The third-order valence-electron chi connectivity index (χ3n) is 3.67. The summed E-state index contributed by atoms with van der Waals surface area (Å²) in [5.74, 6) is -1.45. The molecule has 1 aromatic carbocycles. The Balaban J connectivity index is 2.60. The lowest BCUT2D eigenvalue weighted by Crippen LogP contribution is -2.34. The summed E-state index contributed by atoms with van der Waals surface area (Å²) in [7, 11) is 1.16. The van der Waals surface area contributed by atoms with Crippen LogP contribution in [0, 0.1) is 0 Å². The van der Waals surface area contributed by atoms with Crippen LogP contribution in [-0.2, 0) is 23.3 Å². The first-order valence-electron chi connectivity index (χ1n) is 7.89. The van der Waals surface area contributed by atoms with Crippen LogP contribution in [0.2, 0.25) is 4.34 Å². The Labute approximate surface area is 177 Å². The number of aromatic nitrogens is 1. The molecular formula is C16H10ClF9N2O2S. The van der Waals surface area contributed by atoms with E-state index in [1.54, 1.807) is 0 Å². The van der Waals surface area contributed by atoms with Gasteiger partial charge in [0.15, 0.2) is 10.8 Å². The van der Waals surface area contributed by atoms with E-state index in [1.807, 2.05) is 0 Å². The molecule has 2 aromatic rings. The molecule has 0 bridgehead atoms. The maximum atomic E-state index is 13.0. The fourth-order valence-corrected chi connectivity index (χ4v) is 3.48. The van der Waals surface area contributed by atoms with Gasteiger partial charge in [-0.2, -0.15) is 39.5 Å². The largest absolute Gasteiger partial charge is 0.435 e. The van der Waals surface area contributed by atoms with Crippen LogP contribution in [0.3, 0.4) is 0 Å². The van der Waals surface area contributed by atoms with E-state index >= 15 is 0 Å². The van der Waals surface area contributed by atoms with E-state index in [0.29, 0.717) is 4.90 Å². The Morgan fingerprint density at radius 1 is 1.00 bits per heavy atom. The molecule has 31 heavy (non-hydrogen) atoms. The number of anilines is 1. The first-order valence-corrected chi connectivity index (χ1v) is 9.09. The summed E-state index contributed by atoms with van der Waals surface area (Å²) in [6.07, 6.45) is -15.4. The van der Waals surface area contributed by atoms with Gasteiger partial charge in [0.25, 0.3) is 5.91 Å². The quantitative estimate of drug-likeness (QED) is 0.463. The molecular weight excluding hydrogens is 491 g/mol. The van der Waals surface area contributed by atoms with Crippen LogP contribution >= 0.6 is 22.9 Å². The van der Waals surface area contributed by atoms with Gasteiger partial charge in [0.05, 0.1) is 24.3 Å². The number of benzene rings is 1. The Hall–Kier alpha value is -2.06. The molecule has 0 N–H and O–H groups in total. The van der Waals surface area contributed by atoms with Crippen molar-refractivity contribution < 1.29 is 49.0 Å². The second-order valence-electron chi connectivity index (χ2n) is 5.86. The fourth-order valence-electron chi connectivity index (χ4n) is 2.28. The lowest BCUT2D eigenvalue weighted by molar-refractivity contribution is -0.143. The fraction of sp³-hybridized carbons (Fsp3) is 0.375. The number of carbonyl (C=O) groups is 1. The highest BCUT2D eigenvalue weighted by Crippen LogP contribution is 2.41. The average Bonchev–Trinajstić information content (AvgIpc) is 3.02. The van der Waals surface area contributed by atoms with Gasteiger partial charge in [0.1, 0.15) is 4.34 Å². The van der Waals surface area contributed by atoms with Crippen molar-refractivity contribution in [1.29, 1.82) is 0 Å². The lowest BCUT2D eigenvalue weighted by atomic mass is 10.0. The highest BCUT2D eigenvalue weighted by atomic mass is 35.5.